The molecule has 0 fully saturated rings. The first-order chi connectivity index (χ1) is 12.3. The molecule has 0 saturated carbocycles. The van der Waals surface area contributed by atoms with E-state index in [1.165, 1.54) is 0 Å². The molecule has 0 atom stereocenters. The Morgan fingerprint density at radius 1 is 0.560 bits per heavy atom. The summed E-state index contributed by atoms with van der Waals surface area (Å²) in [6.07, 6.45) is 1.81. The molecule has 4 rings (SSSR count). The van der Waals surface area contributed by atoms with Gasteiger partial charge >= 0.3 is 0 Å². The van der Waals surface area contributed by atoms with Crippen molar-refractivity contribution in [3.63, 3.8) is 0 Å². The van der Waals surface area contributed by atoms with Crippen LogP contribution in [-0.2, 0) is 0 Å². The summed E-state index contributed by atoms with van der Waals surface area (Å²) >= 11 is 0. The Morgan fingerprint density at radius 3 is 1.92 bits per heavy atom. The van der Waals surface area contributed by atoms with E-state index in [-0.39, 0.29) is 0 Å². The van der Waals surface area contributed by atoms with Gasteiger partial charge in [0.2, 0.25) is 0 Å². The summed E-state index contributed by atoms with van der Waals surface area (Å²) in [4.78, 5) is 13.7. The summed E-state index contributed by atoms with van der Waals surface area (Å²) in [7, 11) is 0. The van der Waals surface area contributed by atoms with Crippen molar-refractivity contribution in [3.05, 3.63) is 90.9 Å². The summed E-state index contributed by atoms with van der Waals surface area (Å²) < 4.78 is 0. The van der Waals surface area contributed by atoms with Crippen LogP contribution in [0.4, 0.5) is 0 Å². The first-order valence-corrected chi connectivity index (χ1v) is 8.22. The molecule has 0 unspecified atom stereocenters. The summed E-state index contributed by atoms with van der Waals surface area (Å²) in [5.74, 6) is 0.764. The van der Waals surface area contributed by atoms with Crippen molar-refractivity contribution in [1.82, 2.24) is 15.0 Å². The highest BCUT2D eigenvalue weighted by Crippen LogP contribution is 2.27. The lowest BCUT2D eigenvalue weighted by Crippen LogP contribution is -1.95. The number of benzene rings is 2. The van der Waals surface area contributed by atoms with E-state index in [0.29, 0.717) is 0 Å². The highest BCUT2D eigenvalue weighted by atomic mass is 14.9. The minimum Gasteiger partial charge on any atom is -0.256 e. The minimum atomic E-state index is 0.764. The van der Waals surface area contributed by atoms with Gasteiger partial charge in [0, 0.05) is 22.9 Å². The fourth-order valence-corrected chi connectivity index (χ4v) is 2.84. The molecule has 2 aromatic heterocycles. The van der Waals surface area contributed by atoms with Crippen LogP contribution in [0.1, 0.15) is 5.82 Å². The van der Waals surface area contributed by atoms with Gasteiger partial charge in [-0.25, -0.2) is 9.97 Å². The molecule has 3 heteroatoms. The molecule has 120 valence electrons. The zero-order valence-electron chi connectivity index (χ0n) is 13.9. The fourth-order valence-electron chi connectivity index (χ4n) is 2.84. The third kappa shape index (κ3) is 3.31. The van der Waals surface area contributed by atoms with Crippen LogP contribution < -0.4 is 0 Å². The molecule has 25 heavy (non-hydrogen) atoms. The molecule has 2 heterocycles. The Balaban J connectivity index is 1.79. The van der Waals surface area contributed by atoms with E-state index in [0.717, 1.165) is 39.6 Å². The van der Waals surface area contributed by atoms with Gasteiger partial charge in [0.15, 0.2) is 0 Å². The van der Waals surface area contributed by atoms with Gasteiger partial charge in [-0.15, -0.1) is 0 Å². The van der Waals surface area contributed by atoms with Gasteiger partial charge in [-0.1, -0.05) is 54.6 Å². The van der Waals surface area contributed by atoms with E-state index in [1.807, 2.05) is 61.7 Å². The van der Waals surface area contributed by atoms with Crippen LogP contribution in [-0.4, -0.2) is 15.0 Å². The Hall–Kier alpha value is -3.33. The van der Waals surface area contributed by atoms with Crippen molar-refractivity contribution < 1.29 is 0 Å². The molecule has 2 aromatic carbocycles. The quantitative estimate of drug-likeness (QED) is 0.521. The molecule has 4 aromatic rings. The van der Waals surface area contributed by atoms with E-state index >= 15 is 0 Å². The van der Waals surface area contributed by atoms with Crippen molar-refractivity contribution in [2.75, 3.05) is 0 Å². The van der Waals surface area contributed by atoms with Crippen LogP contribution in [0.25, 0.3) is 33.8 Å². The van der Waals surface area contributed by atoms with E-state index < -0.39 is 0 Å². The maximum atomic E-state index is 4.63. The van der Waals surface area contributed by atoms with Gasteiger partial charge in [-0.3, -0.25) is 4.98 Å². The smallest absolute Gasteiger partial charge is 0.126 e. The van der Waals surface area contributed by atoms with Gasteiger partial charge in [-0.05, 0) is 31.2 Å². The predicted octanol–water partition coefficient (Wildman–Crippen LogP) is 5.18. The molecule has 0 saturated heterocycles. The summed E-state index contributed by atoms with van der Waals surface area (Å²) in [5, 5.41) is 0. The summed E-state index contributed by atoms with van der Waals surface area (Å²) in [5.41, 5.74) is 6.05. The van der Waals surface area contributed by atoms with Gasteiger partial charge in [-0.2, -0.15) is 0 Å². The van der Waals surface area contributed by atoms with Crippen LogP contribution in [0.2, 0.25) is 0 Å². The number of aryl methyl sites for hydroxylation is 1. The molecular formula is C22H17N3. The second-order valence-electron chi connectivity index (χ2n) is 5.85. The average Bonchev–Trinajstić information content (AvgIpc) is 2.69. The van der Waals surface area contributed by atoms with Crippen molar-refractivity contribution >= 4 is 0 Å². The molecule has 0 amide bonds. The zero-order chi connectivity index (χ0) is 17.1. The van der Waals surface area contributed by atoms with Crippen LogP contribution in [0, 0.1) is 6.92 Å². The van der Waals surface area contributed by atoms with E-state index in [4.69, 9.17) is 0 Å². The highest BCUT2D eigenvalue weighted by Gasteiger charge is 2.08. The molecule has 0 N–H and O–H groups in total. The molecule has 0 aliphatic carbocycles. The number of hydrogen-bond donors (Lipinski definition) is 0. The molecule has 0 radical (unpaired) electrons. The van der Waals surface area contributed by atoms with E-state index in [1.54, 1.807) is 0 Å². The van der Waals surface area contributed by atoms with Crippen LogP contribution in [0.5, 0.6) is 0 Å². The van der Waals surface area contributed by atoms with Gasteiger partial charge in [0.05, 0.1) is 17.1 Å². The number of pyridine rings is 1. The number of nitrogens with zero attached hydrogens (tertiary/aromatic N) is 3. The summed E-state index contributed by atoms with van der Waals surface area (Å²) in [6.45, 7) is 1.93. The van der Waals surface area contributed by atoms with E-state index in [9.17, 15) is 0 Å². The van der Waals surface area contributed by atoms with Crippen LogP contribution in [0.15, 0.2) is 85.1 Å². The third-order valence-corrected chi connectivity index (χ3v) is 4.03. The van der Waals surface area contributed by atoms with Crippen molar-refractivity contribution in [3.8, 4) is 33.8 Å². The van der Waals surface area contributed by atoms with E-state index in [2.05, 4.69) is 45.3 Å². The first-order valence-electron chi connectivity index (χ1n) is 8.22. The van der Waals surface area contributed by atoms with Gasteiger partial charge in [0.1, 0.15) is 5.82 Å². The SMILES string of the molecule is Cc1nc(-c2ccccc2)cc(-c2cccc(-c3ccccn3)c2)n1. The maximum Gasteiger partial charge on any atom is 0.126 e. The van der Waals surface area contributed by atoms with Crippen LogP contribution >= 0.6 is 0 Å². The normalized spacial score (nSPS) is 10.6. The van der Waals surface area contributed by atoms with Crippen molar-refractivity contribution in [1.29, 1.82) is 0 Å². The number of rotatable bonds is 3. The minimum absolute atomic E-state index is 0.764. The highest BCUT2D eigenvalue weighted by molar-refractivity contribution is 5.72. The lowest BCUT2D eigenvalue weighted by atomic mass is 10.0. The molecule has 0 aliphatic rings. The second kappa shape index (κ2) is 6.65. The molecule has 0 aliphatic heterocycles. The Morgan fingerprint density at radius 2 is 1.20 bits per heavy atom. The topological polar surface area (TPSA) is 38.7 Å². The summed E-state index contributed by atoms with van der Waals surface area (Å²) in [6, 6.07) is 26.5. The molecule has 3 nitrogen and oxygen atoms in total. The predicted molar refractivity (Wildman–Crippen MR) is 101 cm³/mol. The Labute approximate surface area is 147 Å². The zero-order valence-corrected chi connectivity index (χ0v) is 13.9. The lowest BCUT2D eigenvalue weighted by Gasteiger charge is -2.08. The lowest BCUT2D eigenvalue weighted by molar-refractivity contribution is 1.06. The Kier molecular flexibility index (Phi) is 4.05. The van der Waals surface area contributed by atoms with Gasteiger partial charge < -0.3 is 0 Å². The number of aromatic nitrogens is 3. The number of hydrogen-bond acceptors (Lipinski definition) is 3. The molecule has 0 bridgehead atoms. The Bertz CT molecular complexity index is 996. The molecular weight excluding hydrogens is 306 g/mol. The van der Waals surface area contributed by atoms with Crippen LogP contribution in [0.3, 0.4) is 0 Å². The first kappa shape index (κ1) is 15.2. The molecule has 0 spiro atoms. The monoisotopic (exact) mass is 323 g/mol. The standard InChI is InChI=1S/C22H17N3/c1-16-24-21(17-8-3-2-4-9-17)15-22(25-16)19-11-7-10-18(14-19)20-12-5-6-13-23-20/h2-15H,1H3. The average molecular weight is 323 g/mol. The van der Waals surface area contributed by atoms with Crippen molar-refractivity contribution in [2.24, 2.45) is 0 Å². The second-order valence-corrected chi connectivity index (χ2v) is 5.85. The fraction of sp³-hybridized carbons (Fsp3) is 0.0455. The van der Waals surface area contributed by atoms with Crippen molar-refractivity contribution in [2.45, 2.75) is 6.92 Å². The third-order valence-electron chi connectivity index (χ3n) is 4.03. The largest absolute Gasteiger partial charge is 0.256 e. The maximum absolute atomic E-state index is 4.63. The van der Waals surface area contributed by atoms with Gasteiger partial charge in [0.25, 0.3) is 0 Å².